The van der Waals surface area contributed by atoms with E-state index < -0.39 is 23.2 Å². The summed E-state index contributed by atoms with van der Waals surface area (Å²) in [5.74, 6) is -0.271. The normalized spacial score (nSPS) is 12.9. The van der Waals surface area contributed by atoms with Gasteiger partial charge in [-0.25, -0.2) is 9.59 Å². The molecule has 0 unspecified atom stereocenters. The van der Waals surface area contributed by atoms with E-state index in [-0.39, 0.29) is 18.8 Å². The molecule has 0 aliphatic heterocycles. The van der Waals surface area contributed by atoms with E-state index in [2.05, 4.69) is 5.32 Å². The van der Waals surface area contributed by atoms with Crippen LogP contribution in [0.2, 0.25) is 0 Å². The van der Waals surface area contributed by atoms with Gasteiger partial charge in [0.25, 0.3) is 0 Å². The number of nitrogens with one attached hydrogen (secondary N) is 1. The smallest absolute Gasteiger partial charge is 0.408 e. The highest BCUT2D eigenvalue weighted by Gasteiger charge is 2.37. The quantitative estimate of drug-likeness (QED) is 0.507. The Bertz CT molecular complexity index is 919. The Labute approximate surface area is 182 Å². The van der Waals surface area contributed by atoms with Crippen LogP contribution in [0.3, 0.4) is 0 Å². The molecule has 31 heavy (non-hydrogen) atoms. The molecule has 0 fully saturated rings. The molecule has 1 amide bonds. The van der Waals surface area contributed by atoms with E-state index in [9.17, 15) is 14.4 Å². The molecule has 7 nitrogen and oxygen atoms in total. The van der Waals surface area contributed by atoms with Gasteiger partial charge in [0.15, 0.2) is 12.4 Å². The van der Waals surface area contributed by atoms with Crippen molar-refractivity contribution in [1.29, 1.82) is 0 Å². The standard InChI is InChI=1S/C24H29NO6/c1-23(2,3)31-22(28)25-24(4,21(27)29-5)15-17-10-9-13-19(14-17)30-16-20(26)18-11-7-6-8-12-18/h6-14H,15-16H2,1-5H3,(H,25,28)/t24-/m0/s1. The van der Waals surface area contributed by atoms with Gasteiger partial charge in [-0.3, -0.25) is 4.79 Å². The summed E-state index contributed by atoms with van der Waals surface area (Å²) in [6.07, 6.45) is -0.579. The lowest BCUT2D eigenvalue weighted by atomic mass is 9.93. The van der Waals surface area contributed by atoms with Crippen molar-refractivity contribution in [2.24, 2.45) is 0 Å². The highest BCUT2D eigenvalue weighted by Crippen LogP contribution is 2.21. The average molecular weight is 427 g/mol. The molecule has 2 rings (SSSR count). The maximum Gasteiger partial charge on any atom is 0.408 e. The highest BCUT2D eigenvalue weighted by molar-refractivity contribution is 5.97. The molecular formula is C24H29NO6. The number of ketones is 1. The number of hydrogen-bond donors (Lipinski definition) is 1. The number of ether oxygens (including phenoxy) is 3. The number of methoxy groups -OCH3 is 1. The minimum absolute atomic E-state index is 0.113. The molecule has 1 N–H and O–H groups in total. The summed E-state index contributed by atoms with van der Waals surface area (Å²) in [4.78, 5) is 36.9. The maximum absolute atomic E-state index is 12.4. The number of esters is 1. The van der Waals surface area contributed by atoms with Crippen molar-refractivity contribution < 1.29 is 28.6 Å². The van der Waals surface area contributed by atoms with Crippen LogP contribution in [0.15, 0.2) is 54.6 Å². The molecule has 0 saturated heterocycles. The Kier molecular flexibility index (Phi) is 7.80. The van der Waals surface area contributed by atoms with Crippen LogP contribution in [0.25, 0.3) is 0 Å². The lowest BCUT2D eigenvalue weighted by Gasteiger charge is -2.30. The molecule has 1 atom stereocenters. The molecule has 7 heteroatoms. The fourth-order valence-corrected chi connectivity index (χ4v) is 2.93. The van der Waals surface area contributed by atoms with Crippen LogP contribution in [0.1, 0.15) is 43.6 Å². The van der Waals surface area contributed by atoms with Crippen LogP contribution in [0, 0.1) is 0 Å². The number of carbonyl (C=O) groups is 3. The van der Waals surface area contributed by atoms with Gasteiger partial charge in [-0.1, -0.05) is 42.5 Å². The molecule has 0 aliphatic carbocycles. The summed E-state index contributed by atoms with van der Waals surface area (Å²) in [6.45, 7) is 6.66. The second kappa shape index (κ2) is 10.1. The van der Waals surface area contributed by atoms with Crippen molar-refractivity contribution in [3.8, 4) is 5.75 Å². The average Bonchev–Trinajstić information content (AvgIpc) is 2.70. The Morgan fingerprint density at radius 1 is 0.935 bits per heavy atom. The summed E-state index contributed by atoms with van der Waals surface area (Å²) in [6, 6.07) is 15.9. The van der Waals surface area contributed by atoms with Crippen LogP contribution < -0.4 is 10.1 Å². The number of Topliss-reactive ketones (excluding diaryl/α,β-unsaturated/α-hetero) is 1. The van der Waals surface area contributed by atoms with Gasteiger partial charge in [0, 0.05) is 12.0 Å². The maximum atomic E-state index is 12.4. The molecular weight excluding hydrogens is 398 g/mol. The Balaban J connectivity index is 2.10. The second-order valence-corrected chi connectivity index (χ2v) is 8.35. The fraction of sp³-hybridized carbons (Fsp3) is 0.375. The number of benzene rings is 2. The van der Waals surface area contributed by atoms with Gasteiger partial charge in [-0.05, 0) is 45.4 Å². The van der Waals surface area contributed by atoms with Crippen LogP contribution in [0.5, 0.6) is 5.75 Å². The monoisotopic (exact) mass is 427 g/mol. The first-order chi connectivity index (χ1) is 14.5. The van der Waals surface area contributed by atoms with Crippen LogP contribution in [0.4, 0.5) is 4.79 Å². The lowest BCUT2D eigenvalue weighted by molar-refractivity contribution is -0.147. The van der Waals surface area contributed by atoms with Crippen LogP contribution >= 0.6 is 0 Å². The first-order valence-corrected chi connectivity index (χ1v) is 9.92. The highest BCUT2D eigenvalue weighted by atomic mass is 16.6. The summed E-state index contributed by atoms with van der Waals surface area (Å²) in [5.41, 5.74) is -0.775. The van der Waals surface area contributed by atoms with Gasteiger partial charge < -0.3 is 19.5 Å². The molecule has 0 bridgehead atoms. The Morgan fingerprint density at radius 3 is 2.23 bits per heavy atom. The zero-order valence-corrected chi connectivity index (χ0v) is 18.6. The van der Waals surface area contributed by atoms with Crippen molar-refractivity contribution in [3.63, 3.8) is 0 Å². The number of rotatable bonds is 8. The van der Waals surface area contributed by atoms with E-state index in [4.69, 9.17) is 14.2 Å². The number of hydrogen-bond acceptors (Lipinski definition) is 6. The molecule has 2 aromatic rings. The third-order valence-corrected chi connectivity index (χ3v) is 4.33. The predicted molar refractivity (Wildman–Crippen MR) is 116 cm³/mol. The molecule has 0 radical (unpaired) electrons. The number of carbonyl (C=O) groups excluding carboxylic acids is 3. The molecule has 0 heterocycles. The molecule has 0 saturated carbocycles. The minimum atomic E-state index is -1.35. The van der Waals surface area contributed by atoms with Gasteiger partial charge in [-0.2, -0.15) is 0 Å². The summed E-state index contributed by atoms with van der Waals surface area (Å²) >= 11 is 0. The van der Waals surface area contributed by atoms with E-state index in [0.717, 1.165) is 0 Å². The van der Waals surface area contributed by atoms with E-state index in [1.807, 2.05) is 6.07 Å². The lowest BCUT2D eigenvalue weighted by Crippen LogP contribution is -2.55. The predicted octanol–water partition coefficient (Wildman–Crippen LogP) is 3.95. The van der Waals surface area contributed by atoms with E-state index >= 15 is 0 Å². The third kappa shape index (κ3) is 7.44. The third-order valence-electron chi connectivity index (χ3n) is 4.33. The van der Waals surface area contributed by atoms with Crippen LogP contribution in [-0.2, 0) is 20.7 Å². The number of amides is 1. The van der Waals surface area contributed by atoms with Gasteiger partial charge in [0.1, 0.15) is 16.9 Å². The van der Waals surface area contributed by atoms with Gasteiger partial charge in [0.05, 0.1) is 7.11 Å². The second-order valence-electron chi connectivity index (χ2n) is 8.35. The largest absolute Gasteiger partial charge is 0.485 e. The molecule has 0 aromatic heterocycles. The van der Waals surface area contributed by atoms with Crippen molar-refractivity contribution >= 4 is 17.8 Å². The zero-order valence-electron chi connectivity index (χ0n) is 18.6. The molecule has 166 valence electrons. The Morgan fingerprint density at radius 2 is 1.61 bits per heavy atom. The minimum Gasteiger partial charge on any atom is -0.485 e. The first-order valence-electron chi connectivity index (χ1n) is 9.92. The van der Waals surface area contributed by atoms with Gasteiger partial charge >= 0.3 is 12.1 Å². The van der Waals surface area contributed by atoms with E-state index in [0.29, 0.717) is 16.9 Å². The SMILES string of the molecule is COC(=O)[C@](C)(Cc1cccc(OCC(=O)c2ccccc2)c1)NC(=O)OC(C)(C)C. The first kappa shape index (κ1) is 23.9. The summed E-state index contributed by atoms with van der Waals surface area (Å²) in [5, 5.41) is 2.61. The zero-order chi connectivity index (χ0) is 23.1. The topological polar surface area (TPSA) is 90.9 Å². The van der Waals surface area contributed by atoms with Gasteiger partial charge in [0.2, 0.25) is 0 Å². The molecule has 2 aromatic carbocycles. The fourth-order valence-electron chi connectivity index (χ4n) is 2.93. The van der Waals surface area contributed by atoms with Crippen molar-refractivity contribution in [3.05, 3.63) is 65.7 Å². The van der Waals surface area contributed by atoms with E-state index in [1.165, 1.54) is 7.11 Å². The van der Waals surface area contributed by atoms with Gasteiger partial charge in [-0.15, -0.1) is 0 Å². The van der Waals surface area contributed by atoms with Crippen molar-refractivity contribution in [1.82, 2.24) is 5.32 Å². The number of alkyl carbamates (subject to hydrolysis) is 1. The van der Waals surface area contributed by atoms with Crippen LogP contribution in [-0.4, -0.2) is 42.7 Å². The Hall–Kier alpha value is -3.35. The van der Waals surface area contributed by atoms with Crippen molar-refractivity contribution in [2.45, 2.75) is 45.3 Å². The van der Waals surface area contributed by atoms with Crippen molar-refractivity contribution in [2.75, 3.05) is 13.7 Å². The van der Waals surface area contributed by atoms with E-state index in [1.54, 1.807) is 76.2 Å². The molecule has 0 aliphatic rings. The summed E-state index contributed by atoms with van der Waals surface area (Å²) < 4.78 is 15.8. The molecule has 0 spiro atoms. The summed E-state index contributed by atoms with van der Waals surface area (Å²) in [7, 11) is 1.26.